The molecule has 1 heterocycles. The molecule has 0 atom stereocenters. The molecule has 1 aromatic carbocycles. The first-order chi connectivity index (χ1) is 9.97. The highest BCUT2D eigenvalue weighted by Gasteiger charge is 2.17. The zero-order chi connectivity index (χ0) is 15.4. The van der Waals surface area contributed by atoms with E-state index in [4.69, 9.17) is 47.0 Å². The van der Waals surface area contributed by atoms with Crippen LogP contribution < -0.4 is 5.32 Å². The van der Waals surface area contributed by atoms with Crippen LogP contribution in [-0.4, -0.2) is 34.0 Å². The molecule has 0 unspecified atom stereocenters. The Hall–Kier alpha value is -0.200. The molecule has 114 valence electrons. The molecule has 1 aliphatic rings. The lowest BCUT2D eigenvalue weighted by molar-refractivity contribution is -0.113. The van der Waals surface area contributed by atoms with Crippen molar-refractivity contribution in [1.82, 2.24) is 4.90 Å². The van der Waals surface area contributed by atoms with Gasteiger partial charge in [-0.05, 0) is 25.0 Å². The summed E-state index contributed by atoms with van der Waals surface area (Å²) >= 11 is 24.5. The van der Waals surface area contributed by atoms with Crippen LogP contribution in [0.25, 0.3) is 0 Å². The third-order valence-electron chi connectivity index (χ3n) is 2.96. The largest absolute Gasteiger partial charge is 0.358 e. The number of carbonyl (C=O) groups is 1. The first-order valence-electron chi connectivity index (χ1n) is 6.33. The molecule has 0 saturated carbocycles. The van der Waals surface area contributed by atoms with Crippen LogP contribution >= 0.6 is 58.8 Å². The van der Waals surface area contributed by atoms with E-state index in [1.54, 1.807) is 0 Å². The van der Waals surface area contributed by atoms with E-state index in [0.717, 1.165) is 30.3 Å². The van der Waals surface area contributed by atoms with E-state index in [-0.39, 0.29) is 11.7 Å². The van der Waals surface area contributed by atoms with E-state index in [0.29, 0.717) is 20.8 Å². The SMILES string of the molecule is O=C(CSC(=S)N1CCCC1)Nc1c(Cl)cc(Cl)cc1Cl. The average Bonchev–Trinajstić information content (AvgIpc) is 2.94. The lowest BCUT2D eigenvalue weighted by atomic mass is 10.3. The minimum Gasteiger partial charge on any atom is -0.358 e. The second kappa shape index (κ2) is 7.88. The normalized spacial score (nSPS) is 14.3. The number of thiocarbonyl (C=S) groups is 1. The van der Waals surface area contributed by atoms with Crippen LogP contribution in [0, 0.1) is 0 Å². The highest BCUT2D eigenvalue weighted by atomic mass is 35.5. The molecule has 1 N–H and O–H groups in total. The zero-order valence-electron chi connectivity index (χ0n) is 11.0. The number of hydrogen-bond donors (Lipinski definition) is 1. The van der Waals surface area contributed by atoms with Gasteiger partial charge in [-0.1, -0.05) is 58.8 Å². The van der Waals surface area contributed by atoms with Gasteiger partial charge in [0, 0.05) is 18.1 Å². The molecular formula is C13H13Cl3N2OS2. The summed E-state index contributed by atoms with van der Waals surface area (Å²) in [4.78, 5) is 14.1. The number of thioether (sulfide) groups is 1. The summed E-state index contributed by atoms with van der Waals surface area (Å²) in [6.45, 7) is 1.95. The maximum Gasteiger partial charge on any atom is 0.234 e. The second-order valence-electron chi connectivity index (χ2n) is 4.54. The van der Waals surface area contributed by atoms with Gasteiger partial charge in [0.15, 0.2) is 0 Å². The quantitative estimate of drug-likeness (QED) is 0.767. The highest BCUT2D eigenvalue weighted by molar-refractivity contribution is 8.23. The van der Waals surface area contributed by atoms with Gasteiger partial charge in [0.25, 0.3) is 0 Å². The Bertz CT molecular complexity index is 539. The summed E-state index contributed by atoms with van der Waals surface area (Å²) in [7, 11) is 0. The number of nitrogens with zero attached hydrogens (tertiary/aromatic N) is 1. The molecule has 2 rings (SSSR count). The molecule has 0 radical (unpaired) electrons. The van der Waals surface area contributed by atoms with Crippen molar-refractivity contribution in [2.75, 3.05) is 24.2 Å². The summed E-state index contributed by atoms with van der Waals surface area (Å²) in [5.41, 5.74) is 0.375. The minimum absolute atomic E-state index is 0.201. The number of amides is 1. The molecule has 1 aliphatic heterocycles. The maximum atomic E-state index is 12.0. The molecule has 21 heavy (non-hydrogen) atoms. The van der Waals surface area contributed by atoms with Crippen molar-refractivity contribution in [2.45, 2.75) is 12.8 Å². The summed E-state index contributed by atoms with van der Waals surface area (Å²) in [6, 6.07) is 3.07. The van der Waals surface area contributed by atoms with Crippen LogP contribution in [0.4, 0.5) is 5.69 Å². The van der Waals surface area contributed by atoms with Gasteiger partial charge >= 0.3 is 0 Å². The van der Waals surface area contributed by atoms with Gasteiger partial charge in [-0.15, -0.1) is 0 Å². The second-order valence-corrected chi connectivity index (χ2v) is 7.40. The van der Waals surface area contributed by atoms with Crippen LogP contribution in [0.2, 0.25) is 15.1 Å². The molecule has 1 aromatic rings. The van der Waals surface area contributed by atoms with Crippen LogP contribution in [0.15, 0.2) is 12.1 Å². The summed E-state index contributed by atoms with van der Waals surface area (Å²) < 4.78 is 0.760. The molecule has 1 fully saturated rings. The van der Waals surface area contributed by atoms with Gasteiger partial charge < -0.3 is 10.2 Å². The monoisotopic (exact) mass is 382 g/mol. The van der Waals surface area contributed by atoms with Crippen molar-refractivity contribution < 1.29 is 4.79 Å². The number of nitrogens with one attached hydrogen (secondary N) is 1. The van der Waals surface area contributed by atoms with Crippen molar-refractivity contribution >= 4 is 74.7 Å². The van der Waals surface area contributed by atoms with Crippen LogP contribution in [-0.2, 0) is 4.79 Å². The van der Waals surface area contributed by atoms with E-state index in [1.165, 1.54) is 23.9 Å². The summed E-state index contributed by atoms with van der Waals surface area (Å²) in [5.74, 6) is 0.0256. The minimum atomic E-state index is -0.201. The number of anilines is 1. The van der Waals surface area contributed by atoms with Crippen molar-refractivity contribution in [3.8, 4) is 0 Å². The number of benzene rings is 1. The van der Waals surface area contributed by atoms with Crippen molar-refractivity contribution in [1.29, 1.82) is 0 Å². The standard InChI is InChI=1S/C13H13Cl3N2OS2/c14-8-5-9(15)12(10(16)6-8)17-11(19)7-21-13(20)18-3-1-2-4-18/h5-6H,1-4,7H2,(H,17,19). The van der Waals surface area contributed by atoms with E-state index in [9.17, 15) is 4.79 Å². The molecule has 8 heteroatoms. The number of halogens is 3. The Balaban J connectivity index is 1.88. The van der Waals surface area contributed by atoms with Crippen molar-refractivity contribution in [2.24, 2.45) is 0 Å². The summed E-state index contributed by atoms with van der Waals surface area (Å²) in [5, 5.41) is 3.74. The summed E-state index contributed by atoms with van der Waals surface area (Å²) in [6.07, 6.45) is 2.31. The predicted molar refractivity (Wildman–Crippen MR) is 96.0 cm³/mol. The van der Waals surface area contributed by atoms with E-state index >= 15 is 0 Å². The van der Waals surface area contributed by atoms with Gasteiger partial charge in [0.1, 0.15) is 4.32 Å². The Labute approximate surface area is 148 Å². The fourth-order valence-electron chi connectivity index (χ4n) is 1.96. The van der Waals surface area contributed by atoms with Crippen LogP contribution in [0.3, 0.4) is 0 Å². The molecule has 0 spiro atoms. The van der Waals surface area contributed by atoms with Crippen molar-refractivity contribution in [3.05, 3.63) is 27.2 Å². The fraction of sp³-hybridized carbons (Fsp3) is 0.385. The smallest absolute Gasteiger partial charge is 0.234 e. The molecule has 0 bridgehead atoms. The van der Waals surface area contributed by atoms with Gasteiger partial charge in [-0.3, -0.25) is 4.79 Å². The Morgan fingerprint density at radius 3 is 2.38 bits per heavy atom. The Kier molecular flexibility index (Phi) is 6.44. The predicted octanol–water partition coefficient (Wildman–Crippen LogP) is 4.70. The number of rotatable bonds is 3. The van der Waals surface area contributed by atoms with Crippen LogP contribution in [0.1, 0.15) is 12.8 Å². The van der Waals surface area contributed by atoms with Gasteiger partial charge in [-0.25, -0.2) is 0 Å². The zero-order valence-corrected chi connectivity index (χ0v) is 14.9. The molecule has 0 aromatic heterocycles. The number of likely N-dealkylation sites (tertiary alicyclic amines) is 1. The first kappa shape index (κ1) is 17.2. The number of carbonyl (C=O) groups excluding carboxylic acids is 1. The third kappa shape index (κ3) is 4.89. The molecule has 0 aliphatic carbocycles. The van der Waals surface area contributed by atoms with E-state index in [2.05, 4.69) is 10.2 Å². The fourth-order valence-corrected chi connectivity index (χ4v) is 3.92. The van der Waals surface area contributed by atoms with E-state index in [1.807, 2.05) is 0 Å². The number of hydrogen-bond acceptors (Lipinski definition) is 3. The van der Waals surface area contributed by atoms with Crippen molar-refractivity contribution in [3.63, 3.8) is 0 Å². The Morgan fingerprint density at radius 2 is 1.81 bits per heavy atom. The molecule has 1 saturated heterocycles. The highest BCUT2D eigenvalue weighted by Crippen LogP contribution is 2.33. The average molecular weight is 384 g/mol. The van der Waals surface area contributed by atoms with E-state index < -0.39 is 0 Å². The molecular weight excluding hydrogens is 371 g/mol. The maximum absolute atomic E-state index is 12.0. The van der Waals surface area contributed by atoms with Gasteiger partial charge in [-0.2, -0.15) is 0 Å². The van der Waals surface area contributed by atoms with Crippen LogP contribution in [0.5, 0.6) is 0 Å². The Morgan fingerprint density at radius 1 is 1.24 bits per heavy atom. The topological polar surface area (TPSA) is 32.3 Å². The van der Waals surface area contributed by atoms with Gasteiger partial charge in [0.2, 0.25) is 5.91 Å². The molecule has 1 amide bonds. The molecule has 3 nitrogen and oxygen atoms in total. The lowest BCUT2D eigenvalue weighted by Gasteiger charge is -2.17. The third-order valence-corrected chi connectivity index (χ3v) is 5.30. The first-order valence-corrected chi connectivity index (χ1v) is 8.86. The lowest BCUT2D eigenvalue weighted by Crippen LogP contribution is -2.25. The van der Waals surface area contributed by atoms with Gasteiger partial charge in [0.05, 0.1) is 21.5 Å².